The molecule has 0 atom stereocenters. The quantitative estimate of drug-likeness (QED) is 0.851. The van der Waals surface area contributed by atoms with Crippen LogP contribution in [0.3, 0.4) is 0 Å². The number of aromatic amines is 1. The first kappa shape index (κ1) is 11.9. The number of fused-ring (bicyclic) bond motifs is 1. The van der Waals surface area contributed by atoms with Gasteiger partial charge in [-0.25, -0.2) is 9.18 Å². The first-order valence-corrected chi connectivity index (χ1v) is 5.42. The second-order valence-corrected chi connectivity index (χ2v) is 5.00. The number of H-pyrrole nitrogens is 1. The van der Waals surface area contributed by atoms with Crippen molar-refractivity contribution in [1.82, 2.24) is 9.55 Å². The highest BCUT2D eigenvalue weighted by atomic mass is 19.1. The molecule has 2 aromatic rings. The first-order valence-electron chi connectivity index (χ1n) is 5.42. The molecule has 5 heteroatoms. The third-order valence-corrected chi connectivity index (χ3v) is 2.75. The number of benzene rings is 1. The molecule has 0 radical (unpaired) electrons. The highest BCUT2D eigenvalue weighted by Gasteiger charge is 2.20. The Bertz CT molecular complexity index is 598. The SMILES string of the molecule is CC(C)(CO)Cn1c(=O)[nH]c2cc(F)ccc21. The third kappa shape index (κ3) is 2.24. The highest BCUT2D eigenvalue weighted by molar-refractivity contribution is 5.75. The molecule has 0 amide bonds. The van der Waals surface area contributed by atoms with Gasteiger partial charge in [-0.1, -0.05) is 13.8 Å². The van der Waals surface area contributed by atoms with E-state index in [1.165, 1.54) is 16.7 Å². The Kier molecular flexibility index (Phi) is 2.79. The van der Waals surface area contributed by atoms with Gasteiger partial charge in [0.2, 0.25) is 0 Å². The summed E-state index contributed by atoms with van der Waals surface area (Å²) in [5, 5.41) is 9.21. The fourth-order valence-electron chi connectivity index (χ4n) is 1.77. The van der Waals surface area contributed by atoms with Crippen molar-refractivity contribution in [3.8, 4) is 0 Å². The molecule has 92 valence electrons. The van der Waals surface area contributed by atoms with Gasteiger partial charge in [0.05, 0.1) is 11.0 Å². The minimum Gasteiger partial charge on any atom is -0.396 e. The monoisotopic (exact) mass is 238 g/mol. The Morgan fingerprint density at radius 2 is 2.18 bits per heavy atom. The van der Waals surface area contributed by atoms with Crippen molar-refractivity contribution in [2.75, 3.05) is 6.61 Å². The maximum Gasteiger partial charge on any atom is 0.326 e. The maximum absolute atomic E-state index is 13.0. The number of aliphatic hydroxyl groups excluding tert-OH is 1. The van der Waals surface area contributed by atoms with Crippen LogP contribution in [0.4, 0.5) is 4.39 Å². The molecule has 0 fully saturated rings. The van der Waals surface area contributed by atoms with Crippen molar-refractivity contribution < 1.29 is 9.50 Å². The number of aromatic nitrogens is 2. The molecule has 2 N–H and O–H groups in total. The van der Waals surface area contributed by atoms with E-state index in [0.29, 0.717) is 17.6 Å². The number of hydrogen-bond acceptors (Lipinski definition) is 2. The van der Waals surface area contributed by atoms with Crippen LogP contribution in [0.2, 0.25) is 0 Å². The molecule has 0 saturated heterocycles. The predicted octanol–water partition coefficient (Wildman–Crippen LogP) is 1.49. The molecule has 0 saturated carbocycles. The summed E-state index contributed by atoms with van der Waals surface area (Å²) in [6.07, 6.45) is 0. The van der Waals surface area contributed by atoms with Gasteiger partial charge in [-0.05, 0) is 18.2 Å². The summed E-state index contributed by atoms with van der Waals surface area (Å²) in [5.41, 5.74) is 0.446. The molecule has 2 rings (SSSR count). The van der Waals surface area contributed by atoms with Crippen molar-refractivity contribution in [3.05, 3.63) is 34.5 Å². The van der Waals surface area contributed by atoms with Gasteiger partial charge in [0.1, 0.15) is 5.82 Å². The van der Waals surface area contributed by atoms with Crippen molar-refractivity contribution in [2.45, 2.75) is 20.4 Å². The molecule has 0 spiro atoms. The van der Waals surface area contributed by atoms with E-state index in [4.69, 9.17) is 0 Å². The van der Waals surface area contributed by atoms with Crippen LogP contribution < -0.4 is 5.69 Å². The summed E-state index contributed by atoms with van der Waals surface area (Å²) < 4.78 is 14.5. The van der Waals surface area contributed by atoms with E-state index >= 15 is 0 Å². The van der Waals surface area contributed by atoms with Crippen LogP contribution in [0.15, 0.2) is 23.0 Å². The van der Waals surface area contributed by atoms with Crippen LogP contribution in [0.25, 0.3) is 11.0 Å². The van der Waals surface area contributed by atoms with E-state index < -0.39 is 5.41 Å². The molecule has 1 heterocycles. The topological polar surface area (TPSA) is 58.0 Å². The van der Waals surface area contributed by atoms with Gasteiger partial charge in [0, 0.05) is 18.6 Å². The highest BCUT2D eigenvalue weighted by Crippen LogP contribution is 2.19. The Hall–Kier alpha value is -1.62. The minimum absolute atomic E-state index is 0.0205. The number of rotatable bonds is 3. The number of hydrogen-bond donors (Lipinski definition) is 2. The lowest BCUT2D eigenvalue weighted by molar-refractivity contribution is 0.141. The molecule has 1 aromatic carbocycles. The standard InChI is InChI=1S/C12H15FN2O2/c1-12(2,7-16)6-15-10-4-3-8(13)5-9(10)14-11(15)17/h3-5,16H,6-7H2,1-2H3,(H,14,17). The van der Waals surface area contributed by atoms with Gasteiger partial charge < -0.3 is 10.1 Å². The van der Waals surface area contributed by atoms with E-state index in [1.807, 2.05) is 13.8 Å². The fourth-order valence-corrected chi connectivity index (χ4v) is 1.77. The molecular formula is C12H15FN2O2. The largest absolute Gasteiger partial charge is 0.396 e. The molecule has 0 bridgehead atoms. The van der Waals surface area contributed by atoms with Crippen LogP contribution in [0.5, 0.6) is 0 Å². The summed E-state index contributed by atoms with van der Waals surface area (Å²) in [4.78, 5) is 14.3. The maximum atomic E-state index is 13.0. The summed E-state index contributed by atoms with van der Waals surface area (Å²) >= 11 is 0. The summed E-state index contributed by atoms with van der Waals surface area (Å²) in [7, 11) is 0. The second-order valence-electron chi connectivity index (χ2n) is 5.00. The number of aliphatic hydroxyl groups is 1. The van der Waals surface area contributed by atoms with Crippen LogP contribution in [-0.2, 0) is 6.54 Å². The lowest BCUT2D eigenvalue weighted by atomic mass is 9.95. The van der Waals surface area contributed by atoms with Crippen molar-refractivity contribution in [2.24, 2.45) is 5.41 Å². The summed E-state index contributed by atoms with van der Waals surface area (Å²) in [5.74, 6) is -0.382. The zero-order chi connectivity index (χ0) is 12.6. The van der Waals surface area contributed by atoms with Gasteiger partial charge in [0.15, 0.2) is 0 Å². The fraction of sp³-hybridized carbons (Fsp3) is 0.417. The molecule has 0 aliphatic heterocycles. The zero-order valence-corrected chi connectivity index (χ0v) is 9.83. The summed E-state index contributed by atoms with van der Waals surface area (Å²) in [6, 6.07) is 4.17. The average molecular weight is 238 g/mol. The minimum atomic E-state index is -0.395. The Morgan fingerprint density at radius 3 is 2.82 bits per heavy atom. The molecular weight excluding hydrogens is 223 g/mol. The van der Waals surface area contributed by atoms with Crippen LogP contribution in [0, 0.1) is 11.2 Å². The number of nitrogens with zero attached hydrogens (tertiary/aromatic N) is 1. The Labute approximate surface area is 97.7 Å². The van der Waals surface area contributed by atoms with E-state index in [0.717, 1.165) is 0 Å². The van der Waals surface area contributed by atoms with Gasteiger partial charge in [-0.2, -0.15) is 0 Å². The van der Waals surface area contributed by atoms with E-state index in [9.17, 15) is 14.3 Å². The lowest BCUT2D eigenvalue weighted by Crippen LogP contribution is -2.29. The lowest BCUT2D eigenvalue weighted by Gasteiger charge is -2.21. The Balaban J connectivity index is 2.54. The van der Waals surface area contributed by atoms with E-state index in [2.05, 4.69) is 4.98 Å². The first-order chi connectivity index (χ1) is 7.93. The van der Waals surface area contributed by atoms with E-state index in [-0.39, 0.29) is 18.1 Å². The molecule has 0 unspecified atom stereocenters. The van der Waals surface area contributed by atoms with Gasteiger partial charge in [0.25, 0.3) is 0 Å². The van der Waals surface area contributed by atoms with E-state index in [1.54, 1.807) is 6.07 Å². The zero-order valence-electron chi connectivity index (χ0n) is 9.83. The summed E-state index contributed by atoms with van der Waals surface area (Å²) in [6.45, 7) is 4.09. The Morgan fingerprint density at radius 1 is 1.47 bits per heavy atom. The molecule has 0 aliphatic carbocycles. The number of imidazole rings is 1. The van der Waals surface area contributed by atoms with Gasteiger partial charge in [-0.3, -0.25) is 4.57 Å². The molecule has 0 aliphatic rings. The third-order valence-electron chi connectivity index (χ3n) is 2.75. The van der Waals surface area contributed by atoms with Crippen LogP contribution >= 0.6 is 0 Å². The predicted molar refractivity (Wildman–Crippen MR) is 63.4 cm³/mol. The molecule has 4 nitrogen and oxygen atoms in total. The van der Waals surface area contributed by atoms with Crippen molar-refractivity contribution >= 4 is 11.0 Å². The van der Waals surface area contributed by atoms with Gasteiger partial charge >= 0.3 is 5.69 Å². The molecule has 17 heavy (non-hydrogen) atoms. The second kappa shape index (κ2) is 4.00. The van der Waals surface area contributed by atoms with Crippen LogP contribution in [0.1, 0.15) is 13.8 Å². The smallest absolute Gasteiger partial charge is 0.326 e. The van der Waals surface area contributed by atoms with Crippen LogP contribution in [-0.4, -0.2) is 21.3 Å². The molecule has 1 aromatic heterocycles. The van der Waals surface area contributed by atoms with Crippen molar-refractivity contribution in [3.63, 3.8) is 0 Å². The normalized spacial score (nSPS) is 12.2. The number of halogens is 1. The average Bonchev–Trinajstić information content (AvgIpc) is 2.54. The number of nitrogens with one attached hydrogen (secondary N) is 1. The van der Waals surface area contributed by atoms with Gasteiger partial charge in [-0.15, -0.1) is 0 Å². The van der Waals surface area contributed by atoms with Crippen molar-refractivity contribution in [1.29, 1.82) is 0 Å².